The van der Waals surface area contributed by atoms with Crippen LogP contribution in [-0.2, 0) is 4.74 Å². The summed E-state index contributed by atoms with van der Waals surface area (Å²) in [6.07, 6.45) is 1.93. The lowest BCUT2D eigenvalue weighted by Gasteiger charge is -2.47. The van der Waals surface area contributed by atoms with Crippen LogP contribution < -0.4 is 0 Å². The lowest BCUT2D eigenvalue weighted by molar-refractivity contribution is 0.0401. The van der Waals surface area contributed by atoms with Gasteiger partial charge in [0.15, 0.2) is 0 Å². The summed E-state index contributed by atoms with van der Waals surface area (Å²) in [5.74, 6) is 0.625. The third kappa shape index (κ3) is 3.39. The molecule has 5 heteroatoms. The fourth-order valence-electron chi connectivity index (χ4n) is 3.38. The van der Waals surface area contributed by atoms with Crippen molar-refractivity contribution in [2.45, 2.75) is 31.7 Å². The maximum Gasteiger partial charge on any atom is 0.409 e. The smallest absolute Gasteiger partial charge is 0.409 e. The molecule has 3 rings (SSSR count). The average Bonchev–Trinajstić information content (AvgIpc) is 2.49. The number of rotatable bonds is 3. The second kappa shape index (κ2) is 6.88. The van der Waals surface area contributed by atoms with Gasteiger partial charge in [0.1, 0.15) is 0 Å². The van der Waals surface area contributed by atoms with Crippen molar-refractivity contribution >= 4 is 17.7 Å². The van der Waals surface area contributed by atoms with E-state index in [1.165, 1.54) is 5.56 Å². The fourth-order valence-corrected chi connectivity index (χ4v) is 3.51. The summed E-state index contributed by atoms with van der Waals surface area (Å²) in [7, 11) is 0. The second-order valence-electron chi connectivity index (χ2n) is 6.12. The Labute approximate surface area is 137 Å². The number of nitrogens with zero attached hydrogens (tertiary/aromatic N) is 2. The Balaban J connectivity index is 1.44. The number of benzene rings is 1. The van der Waals surface area contributed by atoms with E-state index in [1.807, 2.05) is 24.0 Å². The molecule has 0 saturated carbocycles. The van der Waals surface area contributed by atoms with Crippen molar-refractivity contribution < 1.29 is 9.53 Å². The number of amides is 1. The predicted octanol–water partition coefficient (Wildman–Crippen LogP) is 3.36. The molecule has 2 saturated heterocycles. The van der Waals surface area contributed by atoms with E-state index in [1.54, 1.807) is 0 Å². The molecule has 0 unspecified atom stereocenters. The van der Waals surface area contributed by atoms with Gasteiger partial charge in [-0.2, -0.15) is 0 Å². The van der Waals surface area contributed by atoms with E-state index < -0.39 is 0 Å². The third-order valence-corrected chi connectivity index (χ3v) is 5.01. The van der Waals surface area contributed by atoms with Gasteiger partial charge in [-0.25, -0.2) is 4.79 Å². The number of carbonyl (C=O) groups is 1. The highest BCUT2D eigenvalue weighted by Gasteiger charge is 2.35. The molecule has 1 aromatic rings. The number of likely N-dealkylation sites (tertiary alicyclic amines) is 2. The van der Waals surface area contributed by atoms with Crippen LogP contribution in [0.1, 0.15) is 31.2 Å². The lowest BCUT2D eigenvalue weighted by Crippen LogP contribution is -2.54. The van der Waals surface area contributed by atoms with Gasteiger partial charge in [0.25, 0.3) is 0 Å². The minimum absolute atomic E-state index is 0.163. The predicted molar refractivity (Wildman–Crippen MR) is 87.4 cm³/mol. The van der Waals surface area contributed by atoms with Crippen molar-refractivity contribution in [3.8, 4) is 0 Å². The zero-order chi connectivity index (χ0) is 15.5. The third-order valence-electron chi connectivity index (χ3n) is 4.76. The molecule has 2 fully saturated rings. The monoisotopic (exact) mass is 322 g/mol. The molecule has 1 aromatic carbocycles. The summed E-state index contributed by atoms with van der Waals surface area (Å²) in [6, 6.07) is 8.81. The first-order chi connectivity index (χ1) is 10.7. The fraction of sp³-hybridized carbons (Fsp3) is 0.588. The largest absolute Gasteiger partial charge is 0.450 e. The van der Waals surface area contributed by atoms with Crippen LogP contribution in [-0.4, -0.2) is 54.7 Å². The summed E-state index contributed by atoms with van der Waals surface area (Å²) in [4.78, 5) is 16.1. The van der Waals surface area contributed by atoms with E-state index in [2.05, 4.69) is 17.0 Å². The van der Waals surface area contributed by atoms with Crippen LogP contribution in [0.3, 0.4) is 0 Å². The molecule has 2 heterocycles. The Kier molecular flexibility index (Phi) is 4.89. The van der Waals surface area contributed by atoms with Gasteiger partial charge in [0.2, 0.25) is 0 Å². The number of piperidine rings is 1. The molecule has 2 aliphatic heterocycles. The molecule has 22 heavy (non-hydrogen) atoms. The van der Waals surface area contributed by atoms with Gasteiger partial charge in [-0.3, -0.25) is 4.90 Å². The van der Waals surface area contributed by atoms with Crippen molar-refractivity contribution in [3.63, 3.8) is 0 Å². The number of hydrogen-bond acceptors (Lipinski definition) is 3. The van der Waals surface area contributed by atoms with E-state index in [9.17, 15) is 4.79 Å². The highest BCUT2D eigenvalue weighted by atomic mass is 35.5. The first-order valence-electron chi connectivity index (χ1n) is 8.08. The molecule has 2 aliphatic rings. The van der Waals surface area contributed by atoms with Gasteiger partial charge in [0, 0.05) is 43.2 Å². The zero-order valence-corrected chi connectivity index (χ0v) is 13.8. The van der Waals surface area contributed by atoms with Gasteiger partial charge in [-0.15, -0.1) is 0 Å². The Morgan fingerprint density at radius 3 is 2.45 bits per heavy atom. The molecule has 0 radical (unpaired) electrons. The minimum Gasteiger partial charge on any atom is -0.450 e. The van der Waals surface area contributed by atoms with E-state index >= 15 is 0 Å². The molecule has 4 nitrogen and oxygen atoms in total. The number of hydrogen-bond donors (Lipinski definition) is 0. The quantitative estimate of drug-likeness (QED) is 0.855. The Hall–Kier alpha value is -1.26. The standard InChI is InChI=1S/C17H23ClN2O2/c1-2-22-17(21)19-9-7-16(8-10-19)20-11-14(12-20)13-3-5-15(18)6-4-13/h3-6,14,16H,2,7-12H2,1H3. The summed E-state index contributed by atoms with van der Waals surface area (Å²) in [6.45, 7) is 6.16. The Bertz CT molecular complexity index is 506. The molecule has 0 atom stereocenters. The molecule has 0 bridgehead atoms. The topological polar surface area (TPSA) is 32.8 Å². The van der Waals surface area contributed by atoms with Crippen molar-refractivity contribution in [3.05, 3.63) is 34.9 Å². The normalized spacial score (nSPS) is 20.7. The first kappa shape index (κ1) is 15.6. The van der Waals surface area contributed by atoms with Crippen molar-refractivity contribution in [2.75, 3.05) is 32.8 Å². The summed E-state index contributed by atoms with van der Waals surface area (Å²) in [5, 5.41) is 0.797. The molecule has 0 aromatic heterocycles. The molecule has 120 valence electrons. The maximum absolute atomic E-state index is 11.7. The van der Waals surface area contributed by atoms with Gasteiger partial charge in [-0.05, 0) is 37.5 Å². The van der Waals surface area contributed by atoms with Crippen molar-refractivity contribution in [2.24, 2.45) is 0 Å². The van der Waals surface area contributed by atoms with E-state index in [0.717, 1.165) is 44.0 Å². The number of carbonyl (C=O) groups excluding carboxylic acids is 1. The molecule has 1 amide bonds. The van der Waals surface area contributed by atoms with Gasteiger partial charge >= 0.3 is 6.09 Å². The summed E-state index contributed by atoms with van der Waals surface area (Å²) < 4.78 is 5.06. The first-order valence-corrected chi connectivity index (χ1v) is 8.46. The highest BCUT2D eigenvalue weighted by molar-refractivity contribution is 6.30. The van der Waals surface area contributed by atoms with Crippen LogP contribution in [0.2, 0.25) is 5.02 Å². The van der Waals surface area contributed by atoms with Crippen LogP contribution >= 0.6 is 11.6 Å². The molecule has 0 aliphatic carbocycles. The summed E-state index contributed by atoms with van der Waals surface area (Å²) in [5.41, 5.74) is 1.38. The van der Waals surface area contributed by atoms with E-state index in [-0.39, 0.29) is 6.09 Å². The molecule has 0 N–H and O–H groups in total. The second-order valence-corrected chi connectivity index (χ2v) is 6.56. The van der Waals surface area contributed by atoms with Crippen LogP contribution in [0, 0.1) is 0 Å². The van der Waals surface area contributed by atoms with E-state index in [0.29, 0.717) is 18.6 Å². The minimum atomic E-state index is -0.163. The number of ether oxygens (including phenoxy) is 1. The Morgan fingerprint density at radius 1 is 1.23 bits per heavy atom. The van der Waals surface area contributed by atoms with Crippen LogP contribution in [0.4, 0.5) is 4.79 Å². The van der Waals surface area contributed by atoms with Gasteiger partial charge in [0.05, 0.1) is 6.61 Å². The van der Waals surface area contributed by atoms with Crippen LogP contribution in [0.5, 0.6) is 0 Å². The molecular weight excluding hydrogens is 300 g/mol. The van der Waals surface area contributed by atoms with Crippen molar-refractivity contribution in [1.29, 1.82) is 0 Å². The van der Waals surface area contributed by atoms with Gasteiger partial charge in [-0.1, -0.05) is 23.7 Å². The SMILES string of the molecule is CCOC(=O)N1CCC(N2CC(c3ccc(Cl)cc3)C2)CC1. The van der Waals surface area contributed by atoms with Crippen molar-refractivity contribution in [1.82, 2.24) is 9.80 Å². The zero-order valence-electron chi connectivity index (χ0n) is 13.0. The maximum atomic E-state index is 11.7. The average molecular weight is 323 g/mol. The number of halogens is 1. The Morgan fingerprint density at radius 2 is 1.86 bits per heavy atom. The van der Waals surface area contributed by atoms with Crippen LogP contribution in [0.25, 0.3) is 0 Å². The molecular formula is C17H23ClN2O2. The lowest BCUT2D eigenvalue weighted by atomic mass is 9.88. The summed E-state index contributed by atoms with van der Waals surface area (Å²) >= 11 is 5.94. The van der Waals surface area contributed by atoms with Crippen LogP contribution in [0.15, 0.2) is 24.3 Å². The van der Waals surface area contributed by atoms with Gasteiger partial charge < -0.3 is 9.64 Å². The van der Waals surface area contributed by atoms with E-state index in [4.69, 9.17) is 16.3 Å². The highest BCUT2D eigenvalue weighted by Crippen LogP contribution is 2.32. The molecule has 0 spiro atoms.